The summed E-state index contributed by atoms with van der Waals surface area (Å²) in [7, 11) is -1.37. The van der Waals surface area contributed by atoms with E-state index in [9.17, 15) is 12.8 Å². The molecule has 0 atom stereocenters. The number of hydrogen-bond donors (Lipinski definition) is 1. The minimum absolute atomic E-state index is 0.0898. The normalized spacial score (nSPS) is 11.1. The van der Waals surface area contributed by atoms with Crippen molar-refractivity contribution in [1.82, 2.24) is 0 Å². The highest BCUT2D eigenvalue weighted by Gasteiger charge is 2.21. The van der Waals surface area contributed by atoms with Crippen LogP contribution in [0.3, 0.4) is 0 Å². The quantitative estimate of drug-likeness (QED) is 0.903. The van der Waals surface area contributed by atoms with Gasteiger partial charge in [-0.3, -0.25) is 4.72 Å². The van der Waals surface area contributed by atoms with E-state index in [4.69, 9.17) is 21.1 Å². The number of rotatable bonds is 5. The van der Waals surface area contributed by atoms with Crippen molar-refractivity contribution in [1.29, 1.82) is 0 Å². The van der Waals surface area contributed by atoms with Crippen LogP contribution in [0.25, 0.3) is 0 Å². The van der Waals surface area contributed by atoms with Crippen molar-refractivity contribution < 1.29 is 22.3 Å². The summed E-state index contributed by atoms with van der Waals surface area (Å²) < 4.78 is 50.6. The molecule has 22 heavy (non-hydrogen) atoms. The predicted octanol–water partition coefficient (Wildman–Crippen LogP) is 3.30. The smallest absolute Gasteiger partial charge is 0.264 e. The largest absolute Gasteiger partial charge is 0.495 e. The summed E-state index contributed by atoms with van der Waals surface area (Å²) in [4.78, 5) is -0.467. The van der Waals surface area contributed by atoms with Crippen LogP contribution < -0.4 is 14.2 Å². The second-order valence-corrected chi connectivity index (χ2v) is 6.28. The Hall–Kier alpha value is -1.99. The summed E-state index contributed by atoms with van der Waals surface area (Å²) in [6.07, 6.45) is 0. The van der Waals surface area contributed by atoms with E-state index in [1.54, 1.807) is 0 Å². The third-order valence-corrected chi connectivity index (χ3v) is 4.54. The highest BCUT2D eigenvalue weighted by molar-refractivity contribution is 7.92. The molecule has 0 bridgehead atoms. The van der Waals surface area contributed by atoms with Crippen LogP contribution in [-0.4, -0.2) is 22.6 Å². The van der Waals surface area contributed by atoms with Gasteiger partial charge in [0.15, 0.2) is 0 Å². The predicted molar refractivity (Wildman–Crippen MR) is 81.8 cm³/mol. The molecule has 0 aliphatic rings. The second-order valence-electron chi connectivity index (χ2n) is 4.22. The molecule has 0 heterocycles. The van der Waals surface area contributed by atoms with Crippen LogP contribution in [0.1, 0.15) is 0 Å². The third-order valence-electron chi connectivity index (χ3n) is 2.84. The van der Waals surface area contributed by atoms with Crippen LogP contribution in [0.2, 0.25) is 5.02 Å². The lowest BCUT2D eigenvalue weighted by molar-refractivity contribution is 0.405. The van der Waals surface area contributed by atoms with Crippen molar-refractivity contribution in [2.75, 3.05) is 18.9 Å². The summed E-state index contributed by atoms with van der Waals surface area (Å²) in [6, 6.07) is 7.82. The highest BCUT2D eigenvalue weighted by atomic mass is 35.5. The van der Waals surface area contributed by atoms with Crippen LogP contribution in [-0.2, 0) is 10.0 Å². The molecule has 5 nitrogen and oxygen atoms in total. The van der Waals surface area contributed by atoms with Crippen molar-refractivity contribution in [3.63, 3.8) is 0 Å². The van der Waals surface area contributed by atoms with Crippen LogP contribution in [0, 0.1) is 5.82 Å². The van der Waals surface area contributed by atoms with E-state index >= 15 is 0 Å². The molecule has 1 N–H and O–H groups in total. The summed E-state index contributed by atoms with van der Waals surface area (Å²) in [5, 5.41) is 0.258. The first-order chi connectivity index (χ1) is 10.4. The molecular formula is C14H13ClFNO4S. The molecule has 0 saturated heterocycles. The Labute approximate surface area is 132 Å². The topological polar surface area (TPSA) is 64.6 Å². The van der Waals surface area contributed by atoms with Gasteiger partial charge in [0.1, 0.15) is 22.2 Å². The fraction of sp³-hybridized carbons (Fsp3) is 0.143. The van der Waals surface area contributed by atoms with Gasteiger partial charge in [-0.05, 0) is 12.1 Å². The van der Waals surface area contributed by atoms with E-state index in [2.05, 4.69) is 4.72 Å². The zero-order chi connectivity index (χ0) is 16.3. The van der Waals surface area contributed by atoms with Gasteiger partial charge in [-0.2, -0.15) is 0 Å². The molecule has 0 radical (unpaired) electrons. The van der Waals surface area contributed by atoms with Gasteiger partial charge in [0, 0.05) is 12.1 Å². The molecule has 0 saturated carbocycles. The van der Waals surface area contributed by atoms with Gasteiger partial charge >= 0.3 is 0 Å². The zero-order valence-corrected chi connectivity index (χ0v) is 13.3. The molecule has 0 spiro atoms. The van der Waals surface area contributed by atoms with E-state index in [0.29, 0.717) is 0 Å². The van der Waals surface area contributed by atoms with Crippen LogP contribution in [0.4, 0.5) is 10.1 Å². The average Bonchev–Trinajstić information content (AvgIpc) is 2.48. The maximum absolute atomic E-state index is 13.7. The number of hydrogen-bond acceptors (Lipinski definition) is 4. The Kier molecular flexibility index (Phi) is 4.77. The molecular weight excluding hydrogens is 333 g/mol. The van der Waals surface area contributed by atoms with E-state index in [0.717, 1.165) is 12.1 Å². The first-order valence-corrected chi connectivity index (χ1v) is 7.94. The lowest BCUT2D eigenvalue weighted by Gasteiger charge is -2.14. The molecule has 0 aliphatic heterocycles. The van der Waals surface area contributed by atoms with Gasteiger partial charge in [-0.15, -0.1) is 0 Å². The van der Waals surface area contributed by atoms with Crippen molar-refractivity contribution >= 4 is 27.3 Å². The van der Waals surface area contributed by atoms with Gasteiger partial charge in [0.05, 0.1) is 24.9 Å². The number of halogens is 2. The standard InChI is InChI=1S/C14H13ClFNO4S/c1-20-12-8-11(13(21-2)7-9(12)15)17-22(18,19)14-6-4-3-5-10(14)16/h3-8,17H,1-2H3. The number of methoxy groups -OCH3 is 2. The van der Waals surface area contributed by atoms with E-state index in [1.807, 2.05) is 0 Å². The van der Waals surface area contributed by atoms with Crippen LogP contribution in [0.5, 0.6) is 11.5 Å². The van der Waals surface area contributed by atoms with E-state index in [-0.39, 0.29) is 22.2 Å². The Morgan fingerprint density at radius 3 is 2.32 bits per heavy atom. The maximum Gasteiger partial charge on any atom is 0.264 e. The number of benzene rings is 2. The van der Waals surface area contributed by atoms with E-state index < -0.39 is 20.7 Å². The minimum Gasteiger partial charge on any atom is -0.495 e. The van der Waals surface area contributed by atoms with Crippen molar-refractivity contribution in [2.45, 2.75) is 4.90 Å². The summed E-state index contributed by atoms with van der Waals surface area (Å²) in [5.74, 6) is -0.408. The van der Waals surface area contributed by atoms with Crippen LogP contribution in [0.15, 0.2) is 41.3 Å². The van der Waals surface area contributed by atoms with Gasteiger partial charge < -0.3 is 9.47 Å². The SMILES string of the molecule is COc1cc(NS(=O)(=O)c2ccccc2F)c(OC)cc1Cl. The Bertz CT molecular complexity index is 795. The number of nitrogens with one attached hydrogen (secondary N) is 1. The Morgan fingerprint density at radius 1 is 1.09 bits per heavy atom. The van der Waals surface area contributed by atoms with Gasteiger partial charge in [0.25, 0.3) is 10.0 Å². The van der Waals surface area contributed by atoms with Gasteiger partial charge in [0.2, 0.25) is 0 Å². The third kappa shape index (κ3) is 3.26. The van der Waals surface area contributed by atoms with E-state index in [1.165, 1.54) is 38.5 Å². The molecule has 0 aromatic heterocycles. The highest BCUT2D eigenvalue weighted by Crippen LogP contribution is 2.37. The van der Waals surface area contributed by atoms with Crippen LogP contribution >= 0.6 is 11.6 Å². The zero-order valence-electron chi connectivity index (χ0n) is 11.8. The fourth-order valence-corrected chi connectivity index (χ4v) is 3.17. The molecule has 8 heteroatoms. The molecule has 0 amide bonds. The average molecular weight is 346 g/mol. The Morgan fingerprint density at radius 2 is 1.73 bits per heavy atom. The number of ether oxygens (including phenoxy) is 2. The first kappa shape index (κ1) is 16.4. The molecule has 118 valence electrons. The molecule has 2 aromatic rings. The maximum atomic E-state index is 13.7. The lowest BCUT2D eigenvalue weighted by atomic mass is 10.3. The second kappa shape index (κ2) is 6.41. The molecule has 0 aliphatic carbocycles. The van der Waals surface area contributed by atoms with Crippen molar-refractivity contribution in [3.05, 3.63) is 47.2 Å². The minimum atomic E-state index is -4.12. The summed E-state index contributed by atoms with van der Waals surface area (Å²) in [6.45, 7) is 0. The summed E-state index contributed by atoms with van der Waals surface area (Å²) >= 11 is 5.95. The Balaban J connectivity index is 2.48. The number of sulfonamides is 1. The van der Waals surface area contributed by atoms with Crippen molar-refractivity contribution in [3.8, 4) is 11.5 Å². The van der Waals surface area contributed by atoms with Gasteiger partial charge in [-0.1, -0.05) is 23.7 Å². The van der Waals surface area contributed by atoms with Gasteiger partial charge in [-0.25, -0.2) is 12.8 Å². The molecule has 0 fully saturated rings. The lowest BCUT2D eigenvalue weighted by Crippen LogP contribution is -2.15. The number of anilines is 1. The molecule has 0 unspecified atom stereocenters. The molecule has 2 aromatic carbocycles. The monoisotopic (exact) mass is 345 g/mol. The fourth-order valence-electron chi connectivity index (χ4n) is 1.80. The van der Waals surface area contributed by atoms with Crippen molar-refractivity contribution in [2.24, 2.45) is 0 Å². The first-order valence-electron chi connectivity index (χ1n) is 6.08. The molecule has 2 rings (SSSR count). The summed E-state index contributed by atoms with van der Waals surface area (Å²) in [5.41, 5.74) is 0.0898.